The topological polar surface area (TPSA) is 44.9 Å². The minimum absolute atomic E-state index is 0.333. The molecule has 7 rings (SSSR count). The molecule has 0 radical (unpaired) electrons. The van der Waals surface area contributed by atoms with Crippen LogP contribution in [0.15, 0.2) is 90.6 Å². The Labute approximate surface area is 304 Å². The van der Waals surface area contributed by atoms with Crippen LogP contribution >= 0.6 is 0 Å². The number of hydrogen-bond donors (Lipinski definition) is 0. The molecule has 3 aromatic heterocycles. The van der Waals surface area contributed by atoms with Gasteiger partial charge in [-0.05, 0) is 104 Å². The molecule has 0 saturated carbocycles. The largest absolute Gasteiger partial charge is 0.457 e. The lowest BCUT2D eigenvalue weighted by Gasteiger charge is -2.30. The fourth-order valence-corrected chi connectivity index (χ4v) is 8.25. The standard InChI is InChI=1S/C46H54N4O/c1-9-14-40-46(45-31(7)16-13-17-32(45)8)42(15-10-2)50(48-40)35-24-34(30(5)6)25-37(27-35)51-36-20-21-39-38-18-11-12-19-41(38)49(43(39)28-36)44-26-33(29(3)4)22-23-47-44/h11-12,16,18-30,32,45H,9-10,13-15,17H2,1-8H3/t32-,45?/m0/s1. The number of nitrogens with zero attached hydrogens (tertiary/aromatic N) is 4. The SMILES string of the molecule is CCCc1nn(-c2cc(Oc3ccc4c5ccccc5n(-c5cc(C(C)C)ccn5)c4c3)cc(C(C)C)c2)c(CCC)c1C1C(C)=CCC[C@@H]1C. The Bertz CT molecular complexity index is 2210. The Hall–Kier alpha value is -4.64. The summed E-state index contributed by atoms with van der Waals surface area (Å²) < 4.78 is 11.4. The zero-order valence-electron chi connectivity index (χ0n) is 31.8. The van der Waals surface area contributed by atoms with Gasteiger partial charge in [-0.3, -0.25) is 4.57 Å². The molecule has 1 unspecified atom stereocenters. The average Bonchev–Trinajstić information content (AvgIpc) is 3.63. The maximum Gasteiger partial charge on any atom is 0.137 e. The molecule has 51 heavy (non-hydrogen) atoms. The molecular weight excluding hydrogens is 625 g/mol. The van der Waals surface area contributed by atoms with Gasteiger partial charge in [-0.1, -0.05) is 91.2 Å². The van der Waals surface area contributed by atoms with E-state index in [2.05, 4.69) is 144 Å². The molecule has 0 fully saturated rings. The summed E-state index contributed by atoms with van der Waals surface area (Å²) in [4.78, 5) is 4.85. The summed E-state index contributed by atoms with van der Waals surface area (Å²) in [5, 5.41) is 7.83. The highest BCUT2D eigenvalue weighted by Crippen LogP contribution is 2.43. The van der Waals surface area contributed by atoms with Crippen molar-refractivity contribution >= 4 is 21.8 Å². The number of hydrogen-bond acceptors (Lipinski definition) is 3. The number of aromatic nitrogens is 4. The van der Waals surface area contributed by atoms with Crippen LogP contribution in [0.1, 0.15) is 127 Å². The predicted octanol–water partition coefficient (Wildman–Crippen LogP) is 12.8. The van der Waals surface area contributed by atoms with Crippen LogP contribution in [0.2, 0.25) is 0 Å². The molecule has 264 valence electrons. The molecule has 0 saturated heterocycles. The van der Waals surface area contributed by atoms with Gasteiger partial charge < -0.3 is 4.74 Å². The number of aryl methyl sites for hydroxylation is 1. The molecule has 5 nitrogen and oxygen atoms in total. The number of pyridine rings is 1. The van der Waals surface area contributed by atoms with Gasteiger partial charge in [0.25, 0.3) is 0 Å². The molecule has 0 bridgehead atoms. The molecule has 3 aromatic carbocycles. The summed E-state index contributed by atoms with van der Waals surface area (Å²) in [6, 6.07) is 26.1. The first-order valence-corrected chi connectivity index (χ1v) is 19.3. The van der Waals surface area contributed by atoms with E-state index >= 15 is 0 Å². The monoisotopic (exact) mass is 678 g/mol. The van der Waals surface area contributed by atoms with Crippen LogP contribution < -0.4 is 4.74 Å². The molecule has 1 aliphatic carbocycles. The Morgan fingerprint density at radius 2 is 1.57 bits per heavy atom. The molecular formula is C46H54N4O. The van der Waals surface area contributed by atoms with Crippen molar-refractivity contribution in [1.82, 2.24) is 19.3 Å². The fourth-order valence-electron chi connectivity index (χ4n) is 8.25. The average molecular weight is 679 g/mol. The second-order valence-electron chi connectivity index (χ2n) is 15.3. The van der Waals surface area contributed by atoms with Crippen molar-refractivity contribution in [3.05, 3.63) is 119 Å². The molecule has 1 aliphatic rings. The highest BCUT2D eigenvalue weighted by atomic mass is 16.5. The van der Waals surface area contributed by atoms with E-state index in [0.29, 0.717) is 23.7 Å². The zero-order valence-corrected chi connectivity index (χ0v) is 31.8. The van der Waals surface area contributed by atoms with Crippen LogP contribution in [0.4, 0.5) is 0 Å². The predicted molar refractivity (Wildman–Crippen MR) is 213 cm³/mol. The van der Waals surface area contributed by atoms with Crippen molar-refractivity contribution in [2.45, 2.75) is 112 Å². The Kier molecular flexibility index (Phi) is 9.92. The van der Waals surface area contributed by atoms with Gasteiger partial charge in [0.15, 0.2) is 0 Å². The van der Waals surface area contributed by atoms with E-state index in [1.807, 2.05) is 6.20 Å². The molecule has 0 amide bonds. The van der Waals surface area contributed by atoms with Crippen LogP contribution in [-0.4, -0.2) is 19.3 Å². The third kappa shape index (κ3) is 6.64. The lowest BCUT2D eigenvalue weighted by Crippen LogP contribution is -2.18. The maximum atomic E-state index is 6.84. The fraction of sp³-hybridized carbons (Fsp3) is 0.391. The van der Waals surface area contributed by atoms with E-state index in [9.17, 15) is 0 Å². The first-order chi connectivity index (χ1) is 24.7. The van der Waals surface area contributed by atoms with E-state index in [1.165, 1.54) is 57.3 Å². The van der Waals surface area contributed by atoms with Crippen molar-refractivity contribution in [2.24, 2.45) is 5.92 Å². The number of para-hydroxylation sites is 1. The van der Waals surface area contributed by atoms with E-state index in [1.54, 1.807) is 0 Å². The highest BCUT2D eigenvalue weighted by Gasteiger charge is 2.31. The molecule has 0 spiro atoms. The van der Waals surface area contributed by atoms with Crippen LogP contribution in [0, 0.1) is 5.92 Å². The van der Waals surface area contributed by atoms with Crippen molar-refractivity contribution < 1.29 is 4.74 Å². The van der Waals surface area contributed by atoms with Gasteiger partial charge in [0, 0.05) is 46.3 Å². The minimum Gasteiger partial charge on any atom is -0.457 e. The number of fused-ring (bicyclic) bond motifs is 3. The van der Waals surface area contributed by atoms with Gasteiger partial charge in [-0.2, -0.15) is 5.10 Å². The molecule has 2 atom stereocenters. The molecule has 6 aromatic rings. The molecule has 0 N–H and O–H groups in total. The van der Waals surface area contributed by atoms with Crippen molar-refractivity contribution in [1.29, 1.82) is 0 Å². The smallest absolute Gasteiger partial charge is 0.137 e. The lowest BCUT2D eigenvalue weighted by molar-refractivity contribution is 0.445. The number of ether oxygens (including phenoxy) is 1. The Balaban J connectivity index is 1.35. The number of benzene rings is 3. The van der Waals surface area contributed by atoms with Gasteiger partial charge in [-0.25, -0.2) is 9.67 Å². The minimum atomic E-state index is 0.333. The van der Waals surface area contributed by atoms with Crippen LogP contribution in [0.25, 0.3) is 33.3 Å². The van der Waals surface area contributed by atoms with Crippen molar-refractivity contribution in [3.8, 4) is 23.0 Å². The van der Waals surface area contributed by atoms with E-state index in [0.717, 1.165) is 59.7 Å². The Morgan fingerprint density at radius 3 is 2.31 bits per heavy atom. The van der Waals surface area contributed by atoms with E-state index in [-0.39, 0.29) is 0 Å². The van der Waals surface area contributed by atoms with Crippen LogP contribution in [0.3, 0.4) is 0 Å². The molecule has 5 heteroatoms. The van der Waals surface area contributed by atoms with E-state index < -0.39 is 0 Å². The zero-order chi connectivity index (χ0) is 35.8. The second kappa shape index (κ2) is 14.5. The summed E-state index contributed by atoms with van der Waals surface area (Å²) in [5.74, 6) is 4.33. The van der Waals surface area contributed by atoms with Gasteiger partial charge in [0.2, 0.25) is 0 Å². The normalized spacial score (nSPS) is 16.5. The summed E-state index contributed by atoms with van der Waals surface area (Å²) >= 11 is 0. The lowest BCUT2D eigenvalue weighted by atomic mass is 9.74. The van der Waals surface area contributed by atoms with Crippen LogP contribution in [-0.2, 0) is 12.8 Å². The van der Waals surface area contributed by atoms with Crippen molar-refractivity contribution in [3.63, 3.8) is 0 Å². The summed E-state index contributed by atoms with van der Waals surface area (Å²) in [6.45, 7) is 18.3. The quantitative estimate of drug-likeness (QED) is 0.128. The highest BCUT2D eigenvalue weighted by molar-refractivity contribution is 6.09. The number of allylic oxidation sites excluding steroid dienone is 2. The second-order valence-corrected chi connectivity index (χ2v) is 15.3. The maximum absolute atomic E-state index is 6.84. The van der Waals surface area contributed by atoms with E-state index in [4.69, 9.17) is 14.8 Å². The van der Waals surface area contributed by atoms with Gasteiger partial charge >= 0.3 is 0 Å². The Morgan fingerprint density at radius 1 is 0.804 bits per heavy atom. The summed E-state index contributed by atoms with van der Waals surface area (Å²) in [7, 11) is 0. The van der Waals surface area contributed by atoms with Gasteiger partial charge in [-0.15, -0.1) is 0 Å². The summed E-state index contributed by atoms with van der Waals surface area (Å²) in [5.41, 5.74) is 11.4. The summed E-state index contributed by atoms with van der Waals surface area (Å²) in [6.07, 6.45) is 10.9. The molecule has 0 aliphatic heterocycles. The first kappa shape index (κ1) is 34.8. The first-order valence-electron chi connectivity index (χ1n) is 19.3. The van der Waals surface area contributed by atoms with Crippen molar-refractivity contribution in [2.75, 3.05) is 0 Å². The third-order valence-electron chi connectivity index (χ3n) is 10.9. The third-order valence-corrected chi connectivity index (χ3v) is 10.9. The number of rotatable bonds is 11. The van der Waals surface area contributed by atoms with Gasteiger partial charge in [0.05, 0.1) is 22.4 Å². The molecule has 3 heterocycles. The van der Waals surface area contributed by atoms with Gasteiger partial charge in [0.1, 0.15) is 17.3 Å². The van der Waals surface area contributed by atoms with Crippen LogP contribution in [0.5, 0.6) is 11.5 Å².